The van der Waals surface area contributed by atoms with Crippen LogP contribution in [0.1, 0.15) is 22.3 Å². The molecule has 0 aliphatic rings. The summed E-state index contributed by atoms with van der Waals surface area (Å²) in [6.45, 7) is 4.90. The lowest BCUT2D eigenvalue weighted by atomic mass is 10.0. The van der Waals surface area contributed by atoms with E-state index in [1.807, 2.05) is 44.3 Å². The predicted octanol–water partition coefficient (Wildman–Crippen LogP) is 3.03. The van der Waals surface area contributed by atoms with E-state index in [4.69, 9.17) is 10.9 Å². The Bertz CT molecular complexity index is 665. The maximum Gasteiger partial charge on any atom is 0.172 e. The highest BCUT2D eigenvalue weighted by molar-refractivity contribution is 6.02. The number of nitrogens with two attached hydrogens (primary N) is 1. The molecule has 2 rings (SSSR count). The fraction of sp³-hybridized carbons (Fsp3) is 0.235. The molecule has 0 aliphatic heterocycles. The van der Waals surface area contributed by atoms with Crippen LogP contribution in [0.3, 0.4) is 0 Å². The molecule has 2 aromatic carbocycles. The largest absolute Gasteiger partial charge is 0.409 e. The molecule has 0 saturated heterocycles. The second-order valence-electron chi connectivity index (χ2n) is 5.24. The molecule has 3 N–H and O–H groups in total. The van der Waals surface area contributed by atoms with Gasteiger partial charge in [0, 0.05) is 19.2 Å². The molecule has 0 fully saturated rings. The van der Waals surface area contributed by atoms with Crippen molar-refractivity contribution in [2.24, 2.45) is 10.9 Å². The predicted molar refractivity (Wildman–Crippen MR) is 87.0 cm³/mol. The van der Waals surface area contributed by atoms with Crippen molar-refractivity contribution >= 4 is 11.5 Å². The van der Waals surface area contributed by atoms with E-state index in [-0.39, 0.29) is 5.84 Å². The number of nitrogens with zero attached hydrogens (tertiary/aromatic N) is 2. The Morgan fingerprint density at radius 3 is 2.43 bits per heavy atom. The zero-order valence-electron chi connectivity index (χ0n) is 12.7. The summed E-state index contributed by atoms with van der Waals surface area (Å²) in [5, 5.41) is 12.1. The Kier molecular flexibility index (Phi) is 4.48. The van der Waals surface area contributed by atoms with Crippen molar-refractivity contribution in [2.75, 3.05) is 11.9 Å². The van der Waals surface area contributed by atoms with Crippen LogP contribution in [0.25, 0.3) is 0 Å². The van der Waals surface area contributed by atoms with Gasteiger partial charge in [-0.25, -0.2) is 0 Å². The van der Waals surface area contributed by atoms with Gasteiger partial charge in [0.1, 0.15) is 0 Å². The standard InChI is InChI=1S/C17H21N3O/c1-12-7-4-5-9-14(12)11-20(3)16-13(2)8-6-10-15(16)17(18)19-21/h4-10,21H,11H2,1-3H3,(H2,18,19). The molecule has 2 aromatic rings. The summed E-state index contributed by atoms with van der Waals surface area (Å²) in [7, 11) is 2.02. The lowest BCUT2D eigenvalue weighted by molar-refractivity contribution is 0.318. The molecule has 0 saturated carbocycles. The SMILES string of the molecule is Cc1ccccc1CN(C)c1c(C)cccc1/C(N)=N/O. The lowest BCUT2D eigenvalue weighted by Crippen LogP contribution is -2.24. The second-order valence-corrected chi connectivity index (χ2v) is 5.24. The molecule has 110 valence electrons. The van der Waals surface area contributed by atoms with Crippen molar-refractivity contribution in [3.63, 3.8) is 0 Å². The quantitative estimate of drug-likeness (QED) is 0.392. The highest BCUT2D eigenvalue weighted by Crippen LogP contribution is 2.26. The van der Waals surface area contributed by atoms with Crippen LogP contribution in [0.15, 0.2) is 47.6 Å². The Morgan fingerprint density at radius 1 is 1.10 bits per heavy atom. The molecule has 0 radical (unpaired) electrons. The number of hydrogen-bond donors (Lipinski definition) is 2. The Labute approximate surface area is 125 Å². The molecule has 0 unspecified atom stereocenters. The van der Waals surface area contributed by atoms with Crippen molar-refractivity contribution in [2.45, 2.75) is 20.4 Å². The number of rotatable bonds is 4. The summed E-state index contributed by atoms with van der Waals surface area (Å²) in [6, 6.07) is 14.1. The maximum absolute atomic E-state index is 8.96. The van der Waals surface area contributed by atoms with Crippen molar-refractivity contribution < 1.29 is 5.21 Å². The number of aryl methyl sites for hydroxylation is 2. The van der Waals surface area contributed by atoms with Gasteiger partial charge in [-0.2, -0.15) is 0 Å². The van der Waals surface area contributed by atoms with Crippen LogP contribution in [0.5, 0.6) is 0 Å². The van der Waals surface area contributed by atoms with Crippen molar-refractivity contribution in [3.05, 3.63) is 64.7 Å². The van der Waals surface area contributed by atoms with Gasteiger partial charge in [-0.1, -0.05) is 41.6 Å². The van der Waals surface area contributed by atoms with Crippen LogP contribution < -0.4 is 10.6 Å². The number of hydrogen-bond acceptors (Lipinski definition) is 3. The third-order valence-corrected chi connectivity index (χ3v) is 3.67. The Balaban J connectivity index is 2.40. The fourth-order valence-electron chi connectivity index (χ4n) is 2.55. The van der Waals surface area contributed by atoms with Crippen LogP contribution in [0.4, 0.5) is 5.69 Å². The van der Waals surface area contributed by atoms with Gasteiger partial charge < -0.3 is 15.8 Å². The summed E-state index contributed by atoms with van der Waals surface area (Å²) in [6.07, 6.45) is 0. The number of anilines is 1. The lowest BCUT2D eigenvalue weighted by Gasteiger charge is -2.25. The highest BCUT2D eigenvalue weighted by Gasteiger charge is 2.14. The first-order valence-electron chi connectivity index (χ1n) is 6.87. The van der Waals surface area contributed by atoms with E-state index >= 15 is 0 Å². The molecule has 0 heterocycles. The van der Waals surface area contributed by atoms with Gasteiger partial charge in [0.2, 0.25) is 0 Å². The smallest absolute Gasteiger partial charge is 0.172 e. The van der Waals surface area contributed by atoms with Gasteiger partial charge >= 0.3 is 0 Å². The first kappa shape index (κ1) is 14.9. The number of para-hydroxylation sites is 1. The molecule has 0 aliphatic carbocycles. The van der Waals surface area contributed by atoms with Crippen LogP contribution in [0.2, 0.25) is 0 Å². The topological polar surface area (TPSA) is 61.8 Å². The Hall–Kier alpha value is -2.49. The third-order valence-electron chi connectivity index (χ3n) is 3.67. The van der Waals surface area contributed by atoms with Crippen molar-refractivity contribution in [1.82, 2.24) is 0 Å². The van der Waals surface area contributed by atoms with E-state index in [9.17, 15) is 0 Å². The first-order chi connectivity index (χ1) is 10.0. The maximum atomic E-state index is 8.96. The zero-order valence-corrected chi connectivity index (χ0v) is 12.7. The number of oxime groups is 1. The van der Waals surface area contributed by atoms with Gasteiger partial charge in [0.05, 0.1) is 5.69 Å². The van der Waals surface area contributed by atoms with E-state index in [1.165, 1.54) is 11.1 Å². The second kappa shape index (κ2) is 6.31. The summed E-state index contributed by atoms with van der Waals surface area (Å²) in [5.74, 6) is 0.130. The van der Waals surface area contributed by atoms with E-state index in [2.05, 4.69) is 29.1 Å². The monoisotopic (exact) mass is 283 g/mol. The molecule has 0 spiro atoms. The van der Waals surface area contributed by atoms with Crippen LogP contribution in [0, 0.1) is 13.8 Å². The molecule has 4 heteroatoms. The summed E-state index contributed by atoms with van der Waals surface area (Å²) >= 11 is 0. The number of benzene rings is 2. The van der Waals surface area contributed by atoms with Gasteiger partial charge in [0.15, 0.2) is 5.84 Å². The average Bonchev–Trinajstić information content (AvgIpc) is 2.48. The molecule has 21 heavy (non-hydrogen) atoms. The average molecular weight is 283 g/mol. The molecule has 0 amide bonds. The first-order valence-corrected chi connectivity index (χ1v) is 6.87. The summed E-state index contributed by atoms with van der Waals surface area (Å²) in [4.78, 5) is 2.13. The minimum absolute atomic E-state index is 0.130. The number of amidine groups is 1. The van der Waals surface area contributed by atoms with Crippen LogP contribution in [-0.2, 0) is 6.54 Å². The summed E-state index contributed by atoms with van der Waals surface area (Å²) in [5.41, 5.74) is 11.1. The molecule has 0 aromatic heterocycles. The van der Waals surface area contributed by atoms with E-state index < -0.39 is 0 Å². The summed E-state index contributed by atoms with van der Waals surface area (Å²) < 4.78 is 0. The van der Waals surface area contributed by atoms with E-state index in [0.29, 0.717) is 0 Å². The van der Waals surface area contributed by atoms with Crippen molar-refractivity contribution in [3.8, 4) is 0 Å². The minimum Gasteiger partial charge on any atom is -0.409 e. The normalized spacial score (nSPS) is 11.5. The fourth-order valence-corrected chi connectivity index (χ4v) is 2.55. The van der Waals surface area contributed by atoms with E-state index in [0.717, 1.165) is 23.4 Å². The zero-order chi connectivity index (χ0) is 15.4. The van der Waals surface area contributed by atoms with Crippen LogP contribution >= 0.6 is 0 Å². The highest BCUT2D eigenvalue weighted by atomic mass is 16.4. The van der Waals surface area contributed by atoms with Gasteiger partial charge in [-0.3, -0.25) is 0 Å². The van der Waals surface area contributed by atoms with Gasteiger partial charge in [-0.15, -0.1) is 0 Å². The molecule has 0 bridgehead atoms. The molecule has 4 nitrogen and oxygen atoms in total. The molecular formula is C17H21N3O. The van der Waals surface area contributed by atoms with Crippen molar-refractivity contribution in [1.29, 1.82) is 0 Å². The third kappa shape index (κ3) is 3.16. The Morgan fingerprint density at radius 2 is 1.76 bits per heavy atom. The van der Waals surface area contributed by atoms with E-state index in [1.54, 1.807) is 0 Å². The van der Waals surface area contributed by atoms with Gasteiger partial charge in [-0.05, 0) is 36.6 Å². The van der Waals surface area contributed by atoms with Gasteiger partial charge in [0.25, 0.3) is 0 Å². The minimum atomic E-state index is 0.130. The van der Waals surface area contributed by atoms with Crippen LogP contribution in [-0.4, -0.2) is 18.1 Å². The molecule has 0 atom stereocenters. The molecular weight excluding hydrogens is 262 g/mol.